The van der Waals surface area contributed by atoms with Crippen LogP contribution in [0.1, 0.15) is 17.0 Å². The Morgan fingerprint density at radius 1 is 0.789 bits per heavy atom. The van der Waals surface area contributed by atoms with Gasteiger partial charge in [-0.2, -0.15) is 4.57 Å². The lowest BCUT2D eigenvalue weighted by Gasteiger charge is -2.02. The molecule has 0 saturated heterocycles. The summed E-state index contributed by atoms with van der Waals surface area (Å²) in [6, 6.07) is 10.4. The molecular weight excluding hydrogens is 234 g/mol. The van der Waals surface area contributed by atoms with Crippen molar-refractivity contribution in [2.75, 3.05) is 0 Å². The normalized spacial score (nSPS) is 10.9. The van der Waals surface area contributed by atoms with E-state index in [1.165, 1.54) is 5.56 Å². The van der Waals surface area contributed by atoms with Crippen LogP contribution in [0.3, 0.4) is 0 Å². The van der Waals surface area contributed by atoms with Crippen molar-refractivity contribution in [1.29, 1.82) is 0 Å². The molecule has 3 nitrogen and oxygen atoms in total. The number of rotatable bonds is 1. The lowest BCUT2D eigenvalue weighted by Crippen LogP contribution is -2.29. The largest absolute Gasteiger partial charge is 0.249 e. The highest BCUT2D eigenvalue weighted by molar-refractivity contribution is 5.72. The van der Waals surface area contributed by atoms with Crippen molar-refractivity contribution in [1.82, 2.24) is 9.97 Å². The molecule has 19 heavy (non-hydrogen) atoms. The first-order chi connectivity index (χ1) is 9.13. The zero-order chi connectivity index (χ0) is 13.4. The third-order valence-electron chi connectivity index (χ3n) is 3.35. The molecule has 0 unspecified atom stereocenters. The van der Waals surface area contributed by atoms with Crippen molar-refractivity contribution in [3.8, 4) is 5.69 Å². The Morgan fingerprint density at radius 2 is 1.42 bits per heavy atom. The SMILES string of the molecule is Cc1ccc(-[n+]2ccc3nc(C)c(C)nc3c2)cc1. The van der Waals surface area contributed by atoms with Gasteiger partial charge < -0.3 is 0 Å². The van der Waals surface area contributed by atoms with Crippen LogP contribution in [0.4, 0.5) is 0 Å². The van der Waals surface area contributed by atoms with Gasteiger partial charge in [0.05, 0.1) is 11.4 Å². The van der Waals surface area contributed by atoms with E-state index < -0.39 is 0 Å². The fraction of sp³-hybridized carbons (Fsp3) is 0.188. The van der Waals surface area contributed by atoms with Crippen molar-refractivity contribution in [2.24, 2.45) is 0 Å². The van der Waals surface area contributed by atoms with Gasteiger partial charge in [-0.15, -0.1) is 0 Å². The molecule has 0 spiro atoms. The number of pyridine rings is 1. The number of aryl methyl sites for hydroxylation is 3. The monoisotopic (exact) mass is 250 g/mol. The van der Waals surface area contributed by atoms with Gasteiger partial charge in [-0.05, 0) is 20.8 Å². The molecule has 1 aromatic carbocycles. The molecule has 0 aliphatic rings. The predicted octanol–water partition coefficient (Wildman–Crippen LogP) is 2.83. The topological polar surface area (TPSA) is 29.7 Å². The fourth-order valence-corrected chi connectivity index (χ4v) is 2.06. The van der Waals surface area contributed by atoms with E-state index in [0.29, 0.717) is 0 Å². The minimum Gasteiger partial charge on any atom is -0.249 e. The summed E-state index contributed by atoms with van der Waals surface area (Å²) < 4.78 is 2.07. The molecule has 3 rings (SSSR count). The summed E-state index contributed by atoms with van der Waals surface area (Å²) in [5, 5.41) is 0. The van der Waals surface area contributed by atoms with Crippen LogP contribution in [0.5, 0.6) is 0 Å². The molecule has 3 heteroatoms. The lowest BCUT2D eigenvalue weighted by atomic mass is 10.2. The van der Waals surface area contributed by atoms with Crippen LogP contribution in [0.2, 0.25) is 0 Å². The van der Waals surface area contributed by atoms with E-state index in [4.69, 9.17) is 0 Å². The molecule has 0 saturated carbocycles. The molecule has 0 bridgehead atoms. The summed E-state index contributed by atoms with van der Waals surface area (Å²) in [7, 11) is 0. The maximum Gasteiger partial charge on any atom is 0.210 e. The highest BCUT2D eigenvalue weighted by Gasteiger charge is 2.09. The lowest BCUT2D eigenvalue weighted by molar-refractivity contribution is -0.594. The number of hydrogen-bond acceptors (Lipinski definition) is 2. The van der Waals surface area contributed by atoms with Crippen LogP contribution in [0, 0.1) is 20.8 Å². The van der Waals surface area contributed by atoms with Gasteiger partial charge in [0, 0.05) is 18.2 Å². The molecule has 0 fully saturated rings. The third-order valence-corrected chi connectivity index (χ3v) is 3.35. The molecule has 0 aliphatic carbocycles. The Bertz CT molecular complexity index is 746. The number of benzene rings is 1. The highest BCUT2D eigenvalue weighted by atomic mass is 15.0. The zero-order valence-electron chi connectivity index (χ0n) is 11.4. The van der Waals surface area contributed by atoms with E-state index in [2.05, 4.69) is 45.7 Å². The van der Waals surface area contributed by atoms with Gasteiger partial charge in [0.2, 0.25) is 11.9 Å². The first kappa shape index (κ1) is 11.8. The van der Waals surface area contributed by atoms with Crippen molar-refractivity contribution in [3.63, 3.8) is 0 Å². The van der Waals surface area contributed by atoms with E-state index >= 15 is 0 Å². The minimum atomic E-state index is 0.922. The van der Waals surface area contributed by atoms with Crippen LogP contribution in [0.25, 0.3) is 16.7 Å². The summed E-state index contributed by atoms with van der Waals surface area (Å²) in [6.07, 6.45) is 4.05. The Hall–Kier alpha value is -2.29. The number of hydrogen-bond donors (Lipinski definition) is 0. The van der Waals surface area contributed by atoms with E-state index in [9.17, 15) is 0 Å². The van der Waals surface area contributed by atoms with Crippen LogP contribution >= 0.6 is 0 Å². The minimum absolute atomic E-state index is 0.922. The van der Waals surface area contributed by atoms with Crippen molar-refractivity contribution in [2.45, 2.75) is 20.8 Å². The Labute approximate surface area is 112 Å². The summed E-state index contributed by atoms with van der Waals surface area (Å²) in [4.78, 5) is 9.14. The number of aromatic nitrogens is 3. The second kappa shape index (κ2) is 4.43. The van der Waals surface area contributed by atoms with Gasteiger partial charge >= 0.3 is 0 Å². The van der Waals surface area contributed by atoms with E-state index in [-0.39, 0.29) is 0 Å². The molecule has 0 atom stereocenters. The Kier molecular flexibility index (Phi) is 2.75. The van der Waals surface area contributed by atoms with Crippen molar-refractivity contribution < 1.29 is 4.57 Å². The predicted molar refractivity (Wildman–Crippen MR) is 75.3 cm³/mol. The Morgan fingerprint density at radius 3 is 2.11 bits per heavy atom. The molecule has 0 N–H and O–H groups in total. The molecule has 2 aromatic heterocycles. The van der Waals surface area contributed by atoms with Crippen molar-refractivity contribution in [3.05, 3.63) is 59.7 Å². The fourth-order valence-electron chi connectivity index (χ4n) is 2.06. The maximum absolute atomic E-state index is 4.60. The molecule has 3 aromatic rings. The smallest absolute Gasteiger partial charge is 0.210 e. The maximum atomic E-state index is 4.60. The highest BCUT2D eigenvalue weighted by Crippen LogP contribution is 2.11. The molecule has 0 aliphatic heterocycles. The molecule has 0 amide bonds. The van der Waals surface area contributed by atoms with Gasteiger partial charge in [-0.3, -0.25) is 0 Å². The first-order valence-electron chi connectivity index (χ1n) is 6.37. The van der Waals surface area contributed by atoms with Crippen LogP contribution < -0.4 is 4.57 Å². The number of fused-ring (bicyclic) bond motifs is 1. The Balaban J connectivity index is 2.16. The summed E-state index contributed by atoms with van der Waals surface area (Å²) in [5.74, 6) is 0. The third kappa shape index (κ3) is 2.19. The molecule has 2 heterocycles. The zero-order valence-corrected chi connectivity index (χ0v) is 11.4. The first-order valence-corrected chi connectivity index (χ1v) is 6.37. The van der Waals surface area contributed by atoms with Gasteiger partial charge in [-0.25, -0.2) is 9.97 Å². The van der Waals surface area contributed by atoms with E-state index in [1.54, 1.807) is 0 Å². The van der Waals surface area contributed by atoms with Crippen LogP contribution in [-0.4, -0.2) is 9.97 Å². The summed E-state index contributed by atoms with van der Waals surface area (Å²) >= 11 is 0. The van der Waals surface area contributed by atoms with Crippen LogP contribution in [-0.2, 0) is 0 Å². The average molecular weight is 250 g/mol. The second-order valence-electron chi connectivity index (χ2n) is 4.85. The van der Waals surface area contributed by atoms with Gasteiger partial charge in [0.1, 0.15) is 5.52 Å². The molecule has 0 radical (unpaired) electrons. The van der Waals surface area contributed by atoms with Gasteiger partial charge in [-0.1, -0.05) is 17.7 Å². The molecular formula is C16H16N3+. The van der Waals surface area contributed by atoms with Crippen molar-refractivity contribution >= 4 is 11.0 Å². The average Bonchev–Trinajstić information content (AvgIpc) is 2.40. The van der Waals surface area contributed by atoms with Gasteiger partial charge in [0.25, 0.3) is 0 Å². The van der Waals surface area contributed by atoms with Gasteiger partial charge in [0.15, 0.2) is 11.7 Å². The van der Waals surface area contributed by atoms with Crippen LogP contribution in [0.15, 0.2) is 42.7 Å². The van der Waals surface area contributed by atoms with E-state index in [0.717, 1.165) is 28.1 Å². The summed E-state index contributed by atoms with van der Waals surface area (Å²) in [5.41, 5.74) is 6.22. The standard InChI is InChI=1S/C16H16N3/c1-11-4-6-14(7-5-11)19-9-8-15-16(10-19)18-13(3)12(2)17-15/h4-10H,1-3H3/q+1. The van der Waals surface area contributed by atoms with E-state index in [1.807, 2.05) is 32.3 Å². The molecule has 94 valence electrons. The second-order valence-corrected chi connectivity index (χ2v) is 4.85. The quantitative estimate of drug-likeness (QED) is 0.622. The summed E-state index contributed by atoms with van der Waals surface area (Å²) in [6.45, 7) is 6.07. The number of nitrogens with zero attached hydrogens (tertiary/aromatic N) is 3.